The Morgan fingerprint density at radius 2 is 1.18 bits per heavy atom. The van der Waals surface area contributed by atoms with Gasteiger partial charge in [-0.05, 0) is 37.3 Å². The summed E-state index contributed by atoms with van der Waals surface area (Å²) in [5.74, 6) is -1.83. The van der Waals surface area contributed by atoms with Crippen molar-refractivity contribution < 1.29 is 35.9 Å². The molecule has 9 nitrogen and oxygen atoms in total. The molecule has 0 aliphatic rings. The Morgan fingerprint density at radius 3 is 1.61 bits per heavy atom. The molecule has 0 spiro atoms. The van der Waals surface area contributed by atoms with Crippen LogP contribution in [0.5, 0.6) is 0 Å². The minimum absolute atomic E-state index is 0.265. The number of rotatable bonds is 6. The van der Waals surface area contributed by atoms with Gasteiger partial charge >= 0.3 is 11.9 Å². The van der Waals surface area contributed by atoms with E-state index in [0.717, 1.165) is 38.0 Å². The minimum atomic E-state index is -4.66. The quantitative estimate of drug-likeness (QED) is 0.681. The summed E-state index contributed by atoms with van der Waals surface area (Å²) in [6.07, 6.45) is 0. The van der Waals surface area contributed by atoms with Crippen LogP contribution in [0.3, 0.4) is 0 Å². The highest BCUT2D eigenvalue weighted by Crippen LogP contribution is 2.19. The molecular formula is C17H17NO8S2. The number of nitrogens with one attached hydrogen (secondary N) is 1. The smallest absolute Gasteiger partial charge is 0.337 e. The maximum Gasteiger partial charge on any atom is 0.337 e. The van der Waals surface area contributed by atoms with Crippen LogP contribution in [-0.2, 0) is 29.5 Å². The van der Waals surface area contributed by atoms with Gasteiger partial charge in [0, 0.05) is 0 Å². The third-order valence-electron chi connectivity index (χ3n) is 3.61. The first kappa shape index (κ1) is 21.5. The van der Waals surface area contributed by atoms with Gasteiger partial charge in [0.1, 0.15) is 0 Å². The van der Waals surface area contributed by atoms with Gasteiger partial charge in [-0.15, -0.1) is 4.13 Å². The number of carbonyl (C=O) groups excluding carboxylic acids is 2. The van der Waals surface area contributed by atoms with Gasteiger partial charge in [0.15, 0.2) is 0 Å². The maximum atomic E-state index is 12.6. The molecule has 150 valence electrons. The van der Waals surface area contributed by atoms with E-state index in [0.29, 0.717) is 0 Å². The Hall–Kier alpha value is -2.76. The summed E-state index contributed by atoms with van der Waals surface area (Å²) in [5, 5.41) is 0. The van der Waals surface area contributed by atoms with Crippen molar-refractivity contribution in [2.45, 2.75) is 16.7 Å². The van der Waals surface area contributed by atoms with Crippen LogP contribution in [0.15, 0.2) is 52.3 Å². The van der Waals surface area contributed by atoms with Crippen LogP contribution in [0, 0.1) is 6.92 Å². The van der Waals surface area contributed by atoms with E-state index in [1.54, 1.807) is 11.1 Å². The third-order valence-corrected chi connectivity index (χ3v) is 7.11. The topological polar surface area (TPSA) is 133 Å². The highest BCUT2D eigenvalue weighted by atomic mass is 32.3. The average Bonchev–Trinajstić information content (AvgIpc) is 2.65. The van der Waals surface area contributed by atoms with Crippen molar-refractivity contribution in [1.29, 1.82) is 0 Å². The zero-order valence-corrected chi connectivity index (χ0v) is 16.8. The van der Waals surface area contributed by atoms with E-state index >= 15 is 0 Å². The van der Waals surface area contributed by atoms with E-state index in [-0.39, 0.29) is 16.0 Å². The standard InChI is InChI=1S/C17H17NO8S2/c1-11-4-6-14(7-5-11)27(21,22)18-28(23,24)15-9-12(16(19)25-2)8-13(10-15)17(20)26-3/h4-10,18H,1-3H3. The summed E-state index contributed by atoms with van der Waals surface area (Å²) in [5.41, 5.74) is 0.257. The van der Waals surface area contributed by atoms with E-state index in [2.05, 4.69) is 9.47 Å². The molecule has 0 saturated carbocycles. The molecule has 28 heavy (non-hydrogen) atoms. The molecule has 0 atom stereocenters. The predicted octanol–water partition coefficient (Wildman–Crippen LogP) is 1.24. The van der Waals surface area contributed by atoms with Crippen LogP contribution in [0.4, 0.5) is 0 Å². The Labute approximate surface area is 162 Å². The fourth-order valence-corrected chi connectivity index (χ4v) is 5.17. The van der Waals surface area contributed by atoms with Gasteiger partial charge in [-0.1, -0.05) is 17.7 Å². The van der Waals surface area contributed by atoms with Crippen molar-refractivity contribution in [3.8, 4) is 0 Å². The molecule has 0 aliphatic heterocycles. The number of ether oxygens (including phenoxy) is 2. The van der Waals surface area contributed by atoms with Crippen LogP contribution in [-0.4, -0.2) is 43.0 Å². The fraction of sp³-hybridized carbons (Fsp3) is 0.176. The second-order valence-corrected chi connectivity index (χ2v) is 9.26. The summed E-state index contributed by atoms with van der Waals surface area (Å²) in [6, 6.07) is 8.38. The molecule has 0 unspecified atom stereocenters. The van der Waals surface area contributed by atoms with Crippen LogP contribution in [0.1, 0.15) is 26.3 Å². The molecular weight excluding hydrogens is 410 g/mol. The number of hydrogen-bond donors (Lipinski definition) is 1. The molecule has 0 aromatic heterocycles. The van der Waals surface area contributed by atoms with Gasteiger partial charge in [-0.25, -0.2) is 26.4 Å². The number of aryl methyl sites for hydroxylation is 1. The molecule has 0 aliphatic carbocycles. The summed E-state index contributed by atoms with van der Waals surface area (Å²) in [6.45, 7) is 1.74. The maximum absolute atomic E-state index is 12.6. The number of esters is 2. The molecule has 2 aromatic carbocycles. The molecule has 0 amide bonds. The van der Waals surface area contributed by atoms with E-state index in [4.69, 9.17) is 0 Å². The number of sulfonamides is 2. The van der Waals surface area contributed by atoms with E-state index in [9.17, 15) is 26.4 Å². The molecule has 11 heteroatoms. The lowest BCUT2D eigenvalue weighted by atomic mass is 10.1. The molecule has 0 radical (unpaired) electrons. The van der Waals surface area contributed by atoms with Crippen LogP contribution in [0.2, 0.25) is 0 Å². The van der Waals surface area contributed by atoms with E-state index in [1.165, 1.54) is 24.3 Å². The SMILES string of the molecule is COC(=O)c1cc(C(=O)OC)cc(S(=O)(=O)NS(=O)(=O)c2ccc(C)cc2)c1. The van der Waals surface area contributed by atoms with E-state index in [1.807, 2.05) is 0 Å². The number of hydrogen-bond acceptors (Lipinski definition) is 8. The Kier molecular flexibility index (Phi) is 6.22. The zero-order valence-electron chi connectivity index (χ0n) is 15.1. The fourth-order valence-electron chi connectivity index (χ4n) is 2.18. The normalized spacial score (nSPS) is 11.7. The molecule has 1 N–H and O–H groups in total. The minimum Gasteiger partial charge on any atom is -0.465 e. The Bertz CT molecular complexity index is 1090. The second-order valence-electron chi connectivity index (χ2n) is 5.63. The predicted molar refractivity (Wildman–Crippen MR) is 97.8 cm³/mol. The highest BCUT2D eigenvalue weighted by Gasteiger charge is 2.27. The van der Waals surface area contributed by atoms with Crippen molar-refractivity contribution in [2.75, 3.05) is 14.2 Å². The van der Waals surface area contributed by atoms with Gasteiger partial charge in [0.05, 0.1) is 35.1 Å². The first-order valence-electron chi connectivity index (χ1n) is 7.67. The van der Waals surface area contributed by atoms with Crippen LogP contribution < -0.4 is 4.13 Å². The number of carbonyl (C=O) groups is 2. The monoisotopic (exact) mass is 427 g/mol. The molecule has 0 heterocycles. The van der Waals surface area contributed by atoms with Gasteiger partial charge in [-0.2, -0.15) is 0 Å². The molecule has 0 fully saturated rings. The Morgan fingerprint density at radius 1 is 0.750 bits per heavy atom. The van der Waals surface area contributed by atoms with Gasteiger partial charge < -0.3 is 9.47 Å². The number of benzene rings is 2. The lowest BCUT2D eigenvalue weighted by molar-refractivity contribution is 0.0598. The summed E-state index contributed by atoms with van der Waals surface area (Å²) in [7, 11) is -6.95. The van der Waals surface area contributed by atoms with Gasteiger partial charge in [0.25, 0.3) is 20.0 Å². The summed E-state index contributed by atoms with van der Waals surface area (Å²) in [4.78, 5) is 22.7. The van der Waals surface area contributed by atoms with Crippen molar-refractivity contribution in [2.24, 2.45) is 0 Å². The zero-order chi connectivity index (χ0) is 21.1. The molecule has 2 rings (SSSR count). The third kappa shape index (κ3) is 4.74. The Balaban J connectivity index is 2.53. The molecule has 0 bridgehead atoms. The van der Waals surface area contributed by atoms with Crippen LogP contribution >= 0.6 is 0 Å². The first-order valence-corrected chi connectivity index (χ1v) is 10.6. The lowest BCUT2D eigenvalue weighted by Gasteiger charge is -2.11. The largest absolute Gasteiger partial charge is 0.465 e. The van der Waals surface area contributed by atoms with Crippen molar-refractivity contribution in [3.63, 3.8) is 0 Å². The summed E-state index contributed by atoms with van der Waals surface area (Å²) < 4.78 is 60.7. The lowest BCUT2D eigenvalue weighted by Crippen LogP contribution is -2.31. The molecule has 2 aromatic rings. The summed E-state index contributed by atoms with van der Waals surface area (Å²) >= 11 is 0. The molecule has 0 saturated heterocycles. The number of methoxy groups -OCH3 is 2. The first-order chi connectivity index (χ1) is 13.0. The van der Waals surface area contributed by atoms with Crippen LogP contribution in [0.25, 0.3) is 0 Å². The van der Waals surface area contributed by atoms with Crippen molar-refractivity contribution >= 4 is 32.0 Å². The second kappa shape index (κ2) is 8.09. The average molecular weight is 427 g/mol. The highest BCUT2D eigenvalue weighted by molar-refractivity contribution is 8.04. The van der Waals surface area contributed by atoms with Crippen molar-refractivity contribution in [3.05, 3.63) is 59.2 Å². The van der Waals surface area contributed by atoms with Gasteiger partial charge in [-0.3, -0.25) is 0 Å². The van der Waals surface area contributed by atoms with Crippen molar-refractivity contribution in [1.82, 2.24) is 4.13 Å². The van der Waals surface area contributed by atoms with E-state index < -0.39 is 36.9 Å². The van der Waals surface area contributed by atoms with Gasteiger partial charge in [0.2, 0.25) is 0 Å².